The molecule has 1 unspecified atom stereocenters. The van der Waals surface area contributed by atoms with E-state index in [2.05, 4.69) is 21.2 Å². The van der Waals surface area contributed by atoms with E-state index >= 15 is 0 Å². The molecule has 1 saturated heterocycles. The Morgan fingerprint density at radius 3 is 2.95 bits per heavy atom. The second kappa shape index (κ2) is 7.69. The Bertz CT molecular complexity index is 568. The zero-order valence-electron chi connectivity index (χ0n) is 12.3. The van der Waals surface area contributed by atoms with Crippen molar-refractivity contribution in [2.45, 2.75) is 25.3 Å². The second-order valence-corrected chi connectivity index (χ2v) is 6.06. The summed E-state index contributed by atoms with van der Waals surface area (Å²) in [5.41, 5.74) is 0.152. The number of carbonyl (C=O) groups is 2. The van der Waals surface area contributed by atoms with Crippen LogP contribution in [0.25, 0.3) is 0 Å². The highest BCUT2D eigenvalue weighted by Crippen LogP contribution is 2.21. The van der Waals surface area contributed by atoms with E-state index < -0.39 is 5.82 Å². The average molecular weight is 373 g/mol. The molecule has 5 nitrogen and oxygen atoms in total. The first-order valence-corrected chi connectivity index (χ1v) is 7.87. The molecule has 7 heteroatoms. The van der Waals surface area contributed by atoms with Gasteiger partial charge in [-0.05, 0) is 37.6 Å². The summed E-state index contributed by atoms with van der Waals surface area (Å²) in [7, 11) is 1.36. The highest BCUT2D eigenvalue weighted by atomic mass is 79.9. The predicted octanol–water partition coefficient (Wildman–Crippen LogP) is 2.55. The molecule has 0 bridgehead atoms. The van der Waals surface area contributed by atoms with E-state index in [4.69, 9.17) is 4.74 Å². The number of hydrogen-bond donors (Lipinski definition) is 1. The summed E-state index contributed by atoms with van der Waals surface area (Å²) >= 11 is 3.16. The first-order chi connectivity index (χ1) is 10.5. The number of carbonyl (C=O) groups excluding carboxylic acids is 2. The average Bonchev–Trinajstić information content (AvgIpc) is 2.95. The third kappa shape index (κ3) is 4.27. The minimum atomic E-state index is -0.490. The van der Waals surface area contributed by atoms with Crippen molar-refractivity contribution in [1.82, 2.24) is 4.90 Å². The molecule has 1 N–H and O–H groups in total. The standard InChI is InChI=1S/C15H18BrFN2O3/c1-22-15(21)13-3-2-7-19(13)8-6-14(20)18-12-5-4-10(16)9-11(12)17/h4-5,9,13H,2-3,6-8H2,1H3,(H,18,20). The molecule has 0 aliphatic carbocycles. The molecular weight excluding hydrogens is 355 g/mol. The zero-order chi connectivity index (χ0) is 16.1. The van der Waals surface area contributed by atoms with E-state index in [0.29, 0.717) is 11.0 Å². The molecule has 1 heterocycles. The summed E-state index contributed by atoms with van der Waals surface area (Å²) in [6.45, 7) is 1.21. The lowest BCUT2D eigenvalue weighted by atomic mass is 10.2. The Morgan fingerprint density at radius 1 is 1.50 bits per heavy atom. The summed E-state index contributed by atoms with van der Waals surface area (Å²) in [4.78, 5) is 25.5. The molecule has 1 amide bonds. The van der Waals surface area contributed by atoms with Crippen LogP contribution < -0.4 is 5.32 Å². The third-order valence-electron chi connectivity index (χ3n) is 3.67. The number of hydrogen-bond acceptors (Lipinski definition) is 4. The van der Waals surface area contributed by atoms with Crippen molar-refractivity contribution < 1.29 is 18.7 Å². The number of rotatable bonds is 5. The van der Waals surface area contributed by atoms with Crippen molar-refractivity contribution in [2.75, 3.05) is 25.5 Å². The van der Waals surface area contributed by atoms with Gasteiger partial charge in [-0.25, -0.2) is 4.39 Å². The number of ether oxygens (including phenoxy) is 1. The van der Waals surface area contributed by atoms with Gasteiger partial charge in [-0.1, -0.05) is 15.9 Å². The fourth-order valence-corrected chi connectivity index (χ4v) is 2.88. The smallest absolute Gasteiger partial charge is 0.323 e. The maximum atomic E-state index is 13.6. The summed E-state index contributed by atoms with van der Waals surface area (Å²) in [6, 6.07) is 4.18. The van der Waals surface area contributed by atoms with Crippen molar-refractivity contribution in [1.29, 1.82) is 0 Å². The number of anilines is 1. The molecular formula is C15H18BrFN2O3. The highest BCUT2D eigenvalue weighted by molar-refractivity contribution is 9.10. The molecule has 0 saturated carbocycles. The van der Waals surface area contributed by atoms with Gasteiger partial charge in [-0.3, -0.25) is 14.5 Å². The summed E-state index contributed by atoms with van der Waals surface area (Å²) in [5, 5.41) is 2.54. The minimum Gasteiger partial charge on any atom is -0.468 e. The summed E-state index contributed by atoms with van der Waals surface area (Å²) in [6.07, 6.45) is 1.85. The van der Waals surface area contributed by atoms with Crippen LogP contribution >= 0.6 is 15.9 Å². The van der Waals surface area contributed by atoms with Gasteiger partial charge in [0, 0.05) is 17.4 Å². The molecule has 0 aromatic heterocycles. The van der Waals surface area contributed by atoms with Crippen LogP contribution in [0, 0.1) is 5.82 Å². The van der Waals surface area contributed by atoms with Crippen molar-refractivity contribution in [2.24, 2.45) is 0 Å². The maximum absolute atomic E-state index is 13.6. The van der Waals surface area contributed by atoms with Crippen LogP contribution in [-0.4, -0.2) is 43.0 Å². The van der Waals surface area contributed by atoms with E-state index in [1.165, 1.54) is 19.2 Å². The lowest BCUT2D eigenvalue weighted by Gasteiger charge is -2.21. The Kier molecular flexibility index (Phi) is 5.90. The van der Waals surface area contributed by atoms with Crippen LogP contribution in [0.4, 0.5) is 10.1 Å². The number of nitrogens with one attached hydrogen (secondary N) is 1. The molecule has 1 fully saturated rings. The van der Waals surface area contributed by atoms with Gasteiger partial charge in [0.15, 0.2) is 0 Å². The van der Waals surface area contributed by atoms with E-state index in [-0.39, 0.29) is 30.0 Å². The van der Waals surface area contributed by atoms with E-state index in [0.717, 1.165) is 19.4 Å². The van der Waals surface area contributed by atoms with Crippen molar-refractivity contribution in [3.05, 3.63) is 28.5 Å². The Hall–Kier alpha value is -1.47. The molecule has 1 aliphatic heterocycles. The molecule has 1 aliphatic rings. The number of methoxy groups -OCH3 is 1. The lowest BCUT2D eigenvalue weighted by molar-refractivity contribution is -0.146. The second-order valence-electron chi connectivity index (χ2n) is 5.14. The van der Waals surface area contributed by atoms with Gasteiger partial charge in [0.2, 0.25) is 5.91 Å². The van der Waals surface area contributed by atoms with Crippen LogP contribution in [0.1, 0.15) is 19.3 Å². The van der Waals surface area contributed by atoms with Crippen molar-refractivity contribution in [3.63, 3.8) is 0 Å². The van der Waals surface area contributed by atoms with E-state index in [1.54, 1.807) is 6.07 Å². The van der Waals surface area contributed by atoms with Crippen LogP contribution in [-0.2, 0) is 14.3 Å². The van der Waals surface area contributed by atoms with Gasteiger partial charge >= 0.3 is 5.97 Å². The topological polar surface area (TPSA) is 58.6 Å². The van der Waals surface area contributed by atoms with Crippen LogP contribution in [0.2, 0.25) is 0 Å². The number of nitrogens with zero attached hydrogens (tertiary/aromatic N) is 1. The number of amides is 1. The lowest BCUT2D eigenvalue weighted by Crippen LogP contribution is -2.38. The van der Waals surface area contributed by atoms with Crippen LogP contribution in [0.5, 0.6) is 0 Å². The number of benzene rings is 1. The highest BCUT2D eigenvalue weighted by Gasteiger charge is 2.31. The Balaban J connectivity index is 1.86. The van der Waals surface area contributed by atoms with E-state index in [9.17, 15) is 14.0 Å². The van der Waals surface area contributed by atoms with Crippen molar-refractivity contribution in [3.8, 4) is 0 Å². The number of esters is 1. The van der Waals surface area contributed by atoms with Gasteiger partial charge < -0.3 is 10.1 Å². The molecule has 0 radical (unpaired) electrons. The molecule has 1 aromatic carbocycles. The van der Waals surface area contributed by atoms with Gasteiger partial charge in [-0.2, -0.15) is 0 Å². The SMILES string of the molecule is COC(=O)C1CCCN1CCC(=O)Nc1ccc(Br)cc1F. The number of likely N-dealkylation sites (tertiary alicyclic amines) is 1. The molecule has 2 rings (SSSR count). The molecule has 22 heavy (non-hydrogen) atoms. The Morgan fingerprint density at radius 2 is 2.27 bits per heavy atom. The molecule has 120 valence electrons. The predicted molar refractivity (Wildman–Crippen MR) is 84.0 cm³/mol. The molecule has 0 spiro atoms. The Labute approximate surface area is 136 Å². The fourth-order valence-electron chi connectivity index (χ4n) is 2.55. The van der Waals surface area contributed by atoms with Gasteiger partial charge in [-0.15, -0.1) is 0 Å². The largest absolute Gasteiger partial charge is 0.468 e. The quantitative estimate of drug-likeness (QED) is 0.806. The van der Waals surface area contributed by atoms with Gasteiger partial charge in [0.05, 0.1) is 12.8 Å². The van der Waals surface area contributed by atoms with Crippen molar-refractivity contribution >= 4 is 33.5 Å². The first kappa shape index (κ1) is 16.9. The van der Waals surface area contributed by atoms with Gasteiger partial charge in [0.1, 0.15) is 11.9 Å². The monoisotopic (exact) mass is 372 g/mol. The van der Waals surface area contributed by atoms with E-state index in [1.807, 2.05) is 4.90 Å². The third-order valence-corrected chi connectivity index (χ3v) is 4.16. The fraction of sp³-hybridized carbons (Fsp3) is 0.467. The molecule has 1 aromatic rings. The molecule has 1 atom stereocenters. The summed E-state index contributed by atoms with van der Waals surface area (Å²) < 4.78 is 19.0. The van der Waals surface area contributed by atoms with Crippen LogP contribution in [0.3, 0.4) is 0 Å². The minimum absolute atomic E-state index is 0.152. The normalized spacial score (nSPS) is 18.2. The van der Waals surface area contributed by atoms with Crippen LogP contribution in [0.15, 0.2) is 22.7 Å². The first-order valence-electron chi connectivity index (χ1n) is 7.08. The van der Waals surface area contributed by atoms with Gasteiger partial charge in [0.25, 0.3) is 0 Å². The summed E-state index contributed by atoms with van der Waals surface area (Å²) in [5.74, 6) is -1.04. The maximum Gasteiger partial charge on any atom is 0.323 e. The zero-order valence-corrected chi connectivity index (χ0v) is 13.9. The number of halogens is 2.